The van der Waals surface area contributed by atoms with Crippen molar-refractivity contribution in [3.05, 3.63) is 52.7 Å². The number of phenols is 3. The van der Waals surface area contributed by atoms with Crippen molar-refractivity contribution in [2.75, 3.05) is 0 Å². The van der Waals surface area contributed by atoms with Gasteiger partial charge in [-0.25, -0.2) is 0 Å². The summed E-state index contributed by atoms with van der Waals surface area (Å²) in [5, 5.41) is 28.5. The second-order valence-electron chi connectivity index (χ2n) is 4.36. The Morgan fingerprint density at radius 1 is 0.850 bits per heavy atom. The Bertz CT molecular complexity index is 864. The zero-order valence-corrected chi connectivity index (χ0v) is 10.2. The summed E-state index contributed by atoms with van der Waals surface area (Å²) in [4.78, 5) is 12.0. The Balaban J connectivity index is 2.26. The van der Waals surface area contributed by atoms with Gasteiger partial charge in [0.2, 0.25) is 0 Å². The van der Waals surface area contributed by atoms with E-state index in [0.717, 1.165) is 0 Å². The lowest BCUT2D eigenvalue weighted by molar-refractivity contribution is 0.404. The second kappa shape index (κ2) is 4.31. The topological polar surface area (TPSA) is 90.9 Å². The number of hydrogen-bond acceptors (Lipinski definition) is 5. The van der Waals surface area contributed by atoms with Crippen LogP contribution in [0.4, 0.5) is 0 Å². The first-order valence-corrected chi connectivity index (χ1v) is 5.84. The summed E-state index contributed by atoms with van der Waals surface area (Å²) < 4.78 is 5.55. The van der Waals surface area contributed by atoms with Crippen molar-refractivity contribution >= 4 is 11.0 Å². The highest BCUT2D eigenvalue weighted by Gasteiger charge is 2.09. The molecule has 3 N–H and O–H groups in total. The normalized spacial score (nSPS) is 10.8. The summed E-state index contributed by atoms with van der Waals surface area (Å²) in [7, 11) is 0. The fraction of sp³-hybridized carbons (Fsp3) is 0. The van der Waals surface area contributed by atoms with Crippen molar-refractivity contribution in [3.63, 3.8) is 0 Å². The van der Waals surface area contributed by atoms with Gasteiger partial charge in [0.25, 0.3) is 0 Å². The van der Waals surface area contributed by atoms with E-state index >= 15 is 0 Å². The summed E-state index contributed by atoms with van der Waals surface area (Å²) in [6, 6.07) is 9.65. The van der Waals surface area contributed by atoms with Gasteiger partial charge in [0.05, 0.1) is 5.39 Å². The summed E-state index contributed by atoms with van der Waals surface area (Å²) >= 11 is 0. The van der Waals surface area contributed by atoms with Gasteiger partial charge in [-0.1, -0.05) is 0 Å². The van der Waals surface area contributed by atoms with E-state index in [-0.39, 0.29) is 34.0 Å². The maximum absolute atomic E-state index is 12.0. The lowest BCUT2D eigenvalue weighted by Crippen LogP contribution is -1.99. The van der Waals surface area contributed by atoms with E-state index in [1.165, 1.54) is 42.5 Å². The molecule has 0 spiro atoms. The third-order valence-corrected chi connectivity index (χ3v) is 2.97. The van der Waals surface area contributed by atoms with Crippen LogP contribution in [-0.2, 0) is 0 Å². The summed E-state index contributed by atoms with van der Waals surface area (Å²) in [6.07, 6.45) is 0. The highest BCUT2D eigenvalue weighted by Crippen LogP contribution is 2.31. The van der Waals surface area contributed by atoms with Crippen molar-refractivity contribution in [1.82, 2.24) is 0 Å². The number of fused-ring (bicyclic) bond motifs is 1. The zero-order chi connectivity index (χ0) is 14.3. The van der Waals surface area contributed by atoms with Crippen LogP contribution in [0.3, 0.4) is 0 Å². The fourth-order valence-electron chi connectivity index (χ4n) is 1.96. The first kappa shape index (κ1) is 12.1. The molecular weight excluding hydrogens is 260 g/mol. The quantitative estimate of drug-likeness (QED) is 0.591. The molecule has 1 aromatic heterocycles. The summed E-state index contributed by atoms with van der Waals surface area (Å²) in [5.41, 5.74) is 0.441. The molecule has 100 valence electrons. The third kappa shape index (κ3) is 1.95. The molecule has 0 amide bonds. The Morgan fingerprint density at radius 2 is 1.65 bits per heavy atom. The fourth-order valence-corrected chi connectivity index (χ4v) is 1.96. The number of benzene rings is 2. The van der Waals surface area contributed by atoms with E-state index in [4.69, 9.17) is 4.42 Å². The van der Waals surface area contributed by atoms with Crippen LogP contribution in [0.5, 0.6) is 17.2 Å². The van der Waals surface area contributed by atoms with Gasteiger partial charge in [0.1, 0.15) is 17.1 Å². The molecule has 0 atom stereocenters. The lowest BCUT2D eigenvalue weighted by atomic mass is 10.1. The molecule has 0 fully saturated rings. The molecule has 20 heavy (non-hydrogen) atoms. The van der Waals surface area contributed by atoms with Crippen LogP contribution >= 0.6 is 0 Å². The molecular formula is C15H10O5. The minimum absolute atomic E-state index is 0.00801. The van der Waals surface area contributed by atoms with E-state index in [1.54, 1.807) is 0 Å². The molecule has 3 aromatic rings. The SMILES string of the molecule is O=c1cc(-c2ccc(O)c(O)c2)oc2cc(O)ccc12. The van der Waals surface area contributed by atoms with Crippen LogP contribution in [0.2, 0.25) is 0 Å². The minimum Gasteiger partial charge on any atom is -0.508 e. The predicted octanol–water partition coefficient (Wildman–Crippen LogP) is 2.58. The van der Waals surface area contributed by atoms with Gasteiger partial charge in [0.15, 0.2) is 16.9 Å². The molecule has 0 saturated carbocycles. The number of rotatable bonds is 1. The lowest BCUT2D eigenvalue weighted by Gasteiger charge is -2.05. The van der Waals surface area contributed by atoms with Crippen LogP contribution in [0.25, 0.3) is 22.3 Å². The standard InChI is InChI=1S/C15H10O5/c16-9-2-3-10-12(18)7-14(20-15(10)6-9)8-1-4-11(17)13(19)5-8/h1-7,16-17,19H. The van der Waals surface area contributed by atoms with Gasteiger partial charge in [-0.05, 0) is 30.3 Å². The van der Waals surface area contributed by atoms with E-state index in [2.05, 4.69) is 0 Å². The zero-order valence-electron chi connectivity index (χ0n) is 10.2. The number of aromatic hydroxyl groups is 3. The summed E-state index contributed by atoms with van der Waals surface area (Å²) in [5.74, 6) is -0.328. The third-order valence-electron chi connectivity index (χ3n) is 2.97. The highest BCUT2D eigenvalue weighted by atomic mass is 16.3. The van der Waals surface area contributed by atoms with Crippen molar-refractivity contribution in [1.29, 1.82) is 0 Å². The number of hydrogen-bond donors (Lipinski definition) is 3. The monoisotopic (exact) mass is 270 g/mol. The Kier molecular flexibility index (Phi) is 2.61. The largest absolute Gasteiger partial charge is 0.508 e. The highest BCUT2D eigenvalue weighted by molar-refractivity contribution is 5.80. The molecule has 5 nitrogen and oxygen atoms in total. The molecule has 2 aromatic carbocycles. The van der Waals surface area contributed by atoms with Crippen LogP contribution in [0.1, 0.15) is 0 Å². The number of phenolic OH excluding ortho intramolecular Hbond substituents is 3. The van der Waals surface area contributed by atoms with Crippen molar-refractivity contribution < 1.29 is 19.7 Å². The first-order valence-electron chi connectivity index (χ1n) is 5.84. The minimum atomic E-state index is -0.304. The maximum atomic E-state index is 12.0. The maximum Gasteiger partial charge on any atom is 0.193 e. The van der Waals surface area contributed by atoms with Crippen LogP contribution in [0, 0.1) is 0 Å². The van der Waals surface area contributed by atoms with Gasteiger partial charge >= 0.3 is 0 Å². The Labute approximate surface area is 113 Å². The van der Waals surface area contributed by atoms with Crippen molar-refractivity contribution in [2.24, 2.45) is 0 Å². The molecule has 0 aliphatic heterocycles. The van der Waals surface area contributed by atoms with Gasteiger partial charge in [-0.2, -0.15) is 0 Å². The second-order valence-corrected chi connectivity index (χ2v) is 4.36. The average Bonchev–Trinajstić information content (AvgIpc) is 2.41. The Hall–Kier alpha value is -2.95. The van der Waals surface area contributed by atoms with E-state index < -0.39 is 0 Å². The molecule has 0 aliphatic rings. The van der Waals surface area contributed by atoms with E-state index in [9.17, 15) is 20.1 Å². The molecule has 0 saturated heterocycles. The molecule has 0 unspecified atom stereocenters. The van der Waals surface area contributed by atoms with Crippen LogP contribution in [0.15, 0.2) is 51.7 Å². The summed E-state index contributed by atoms with van der Waals surface area (Å²) in [6.45, 7) is 0. The molecule has 0 aliphatic carbocycles. The van der Waals surface area contributed by atoms with E-state index in [0.29, 0.717) is 10.9 Å². The van der Waals surface area contributed by atoms with E-state index in [1.807, 2.05) is 0 Å². The molecule has 5 heteroatoms. The van der Waals surface area contributed by atoms with Gasteiger partial charge < -0.3 is 19.7 Å². The van der Waals surface area contributed by atoms with Crippen LogP contribution in [-0.4, -0.2) is 15.3 Å². The average molecular weight is 270 g/mol. The van der Waals surface area contributed by atoms with Gasteiger partial charge in [-0.3, -0.25) is 4.79 Å². The molecule has 0 radical (unpaired) electrons. The smallest absolute Gasteiger partial charge is 0.193 e. The van der Waals surface area contributed by atoms with Gasteiger partial charge in [0, 0.05) is 17.7 Å². The predicted molar refractivity (Wildman–Crippen MR) is 72.9 cm³/mol. The van der Waals surface area contributed by atoms with Crippen LogP contribution < -0.4 is 5.43 Å². The van der Waals surface area contributed by atoms with Crippen molar-refractivity contribution in [2.45, 2.75) is 0 Å². The molecule has 1 heterocycles. The van der Waals surface area contributed by atoms with Crippen molar-refractivity contribution in [3.8, 4) is 28.6 Å². The first-order chi connectivity index (χ1) is 9.54. The van der Waals surface area contributed by atoms with Gasteiger partial charge in [-0.15, -0.1) is 0 Å². The molecule has 3 rings (SSSR count). The molecule has 0 bridgehead atoms. The Morgan fingerprint density at radius 3 is 2.40 bits per heavy atom.